The predicted octanol–water partition coefficient (Wildman–Crippen LogP) is 2.29. The number of nitrogens with one attached hydrogen (secondary N) is 1. The summed E-state index contributed by atoms with van der Waals surface area (Å²) in [4.78, 5) is 12.0. The Labute approximate surface area is 129 Å². The van der Waals surface area contributed by atoms with Crippen molar-refractivity contribution in [3.05, 3.63) is 48.0 Å². The summed E-state index contributed by atoms with van der Waals surface area (Å²) in [6.07, 6.45) is 1.97. The lowest BCUT2D eigenvalue weighted by Gasteiger charge is -2.22. The van der Waals surface area contributed by atoms with E-state index in [1.165, 1.54) is 0 Å². The molecule has 1 saturated carbocycles. The minimum atomic E-state index is -1.25. The van der Waals surface area contributed by atoms with E-state index in [9.17, 15) is 15.0 Å². The fraction of sp³-hybridized carbons (Fsp3) is 0.389. The van der Waals surface area contributed by atoms with Crippen molar-refractivity contribution < 1.29 is 15.0 Å². The van der Waals surface area contributed by atoms with E-state index in [0.717, 1.165) is 29.2 Å². The summed E-state index contributed by atoms with van der Waals surface area (Å²) in [5.74, 6) is -0.371. The lowest BCUT2D eigenvalue weighted by atomic mass is 10.0. The Kier molecular flexibility index (Phi) is 4.14. The second kappa shape index (κ2) is 6.07. The van der Waals surface area contributed by atoms with Crippen molar-refractivity contribution in [1.29, 1.82) is 0 Å². The van der Waals surface area contributed by atoms with Gasteiger partial charge < -0.3 is 15.5 Å². The first kappa shape index (κ1) is 15.0. The van der Waals surface area contributed by atoms with E-state index in [0.29, 0.717) is 12.8 Å². The maximum atomic E-state index is 12.0. The first-order chi connectivity index (χ1) is 10.6. The molecule has 1 fully saturated rings. The van der Waals surface area contributed by atoms with Crippen LogP contribution in [0, 0.1) is 0 Å². The summed E-state index contributed by atoms with van der Waals surface area (Å²) in [6, 6.07) is 13.7. The van der Waals surface area contributed by atoms with Crippen LogP contribution in [-0.4, -0.2) is 28.3 Å². The van der Waals surface area contributed by atoms with Gasteiger partial charge in [-0.15, -0.1) is 0 Å². The third-order valence-corrected chi connectivity index (χ3v) is 4.47. The van der Waals surface area contributed by atoms with Crippen LogP contribution < -0.4 is 5.32 Å². The summed E-state index contributed by atoms with van der Waals surface area (Å²) < 4.78 is 0. The predicted molar refractivity (Wildman–Crippen MR) is 85.3 cm³/mol. The Balaban J connectivity index is 1.65. The number of carbonyl (C=O) groups excluding carboxylic acids is 1. The minimum Gasteiger partial charge on any atom is -0.387 e. The molecule has 0 aromatic heterocycles. The van der Waals surface area contributed by atoms with E-state index in [1.54, 1.807) is 0 Å². The number of carbonyl (C=O) groups is 1. The van der Waals surface area contributed by atoms with Gasteiger partial charge in [-0.2, -0.15) is 0 Å². The number of amides is 1. The van der Waals surface area contributed by atoms with Crippen LogP contribution in [-0.2, 0) is 4.79 Å². The van der Waals surface area contributed by atoms with Crippen molar-refractivity contribution in [3.8, 4) is 0 Å². The Bertz CT molecular complexity index is 677. The van der Waals surface area contributed by atoms with Gasteiger partial charge in [0, 0.05) is 6.54 Å². The van der Waals surface area contributed by atoms with Crippen LogP contribution in [0.25, 0.3) is 10.8 Å². The number of aliphatic hydroxyl groups is 2. The molecule has 1 unspecified atom stereocenters. The molecule has 3 rings (SSSR count). The van der Waals surface area contributed by atoms with Gasteiger partial charge in [-0.3, -0.25) is 4.79 Å². The molecule has 0 aliphatic heterocycles. The number of fused-ring (bicyclic) bond motifs is 1. The van der Waals surface area contributed by atoms with Crippen molar-refractivity contribution >= 4 is 16.7 Å². The maximum Gasteiger partial charge on any atom is 0.252 e. The van der Waals surface area contributed by atoms with Gasteiger partial charge in [-0.25, -0.2) is 0 Å². The van der Waals surface area contributed by atoms with Gasteiger partial charge in [0.05, 0.1) is 6.10 Å². The van der Waals surface area contributed by atoms with Gasteiger partial charge in [0.25, 0.3) is 5.91 Å². The Morgan fingerprint density at radius 3 is 2.55 bits per heavy atom. The lowest BCUT2D eigenvalue weighted by Crippen LogP contribution is -2.45. The minimum absolute atomic E-state index is 0.111. The molecule has 3 N–H and O–H groups in total. The van der Waals surface area contributed by atoms with E-state index in [1.807, 2.05) is 42.5 Å². The topological polar surface area (TPSA) is 69.6 Å². The van der Waals surface area contributed by atoms with E-state index in [2.05, 4.69) is 5.32 Å². The Morgan fingerprint density at radius 2 is 1.82 bits per heavy atom. The molecule has 22 heavy (non-hydrogen) atoms. The van der Waals surface area contributed by atoms with E-state index in [4.69, 9.17) is 0 Å². The van der Waals surface area contributed by atoms with Crippen molar-refractivity contribution in [2.45, 2.75) is 37.4 Å². The highest BCUT2D eigenvalue weighted by Gasteiger charge is 2.38. The second-order valence-electron chi connectivity index (χ2n) is 6.07. The number of hydrogen-bond donors (Lipinski definition) is 3. The maximum absolute atomic E-state index is 12.0. The zero-order valence-electron chi connectivity index (χ0n) is 12.5. The number of benzene rings is 2. The zero-order valence-corrected chi connectivity index (χ0v) is 12.5. The quantitative estimate of drug-likeness (QED) is 0.811. The molecule has 4 heteroatoms. The van der Waals surface area contributed by atoms with Crippen LogP contribution in [0.5, 0.6) is 0 Å². The Hall–Kier alpha value is -1.91. The third-order valence-electron chi connectivity index (χ3n) is 4.47. The van der Waals surface area contributed by atoms with Crippen molar-refractivity contribution in [1.82, 2.24) is 5.32 Å². The molecule has 1 atom stereocenters. The molecule has 0 radical (unpaired) electrons. The molecule has 0 saturated heterocycles. The van der Waals surface area contributed by atoms with Crippen LogP contribution in [0.3, 0.4) is 0 Å². The molecule has 1 aliphatic rings. The molecular formula is C18H21NO3. The zero-order chi connectivity index (χ0) is 15.6. The van der Waals surface area contributed by atoms with Crippen molar-refractivity contribution in [2.75, 3.05) is 6.54 Å². The van der Waals surface area contributed by atoms with Crippen LogP contribution in [0.2, 0.25) is 0 Å². The smallest absolute Gasteiger partial charge is 0.252 e. The van der Waals surface area contributed by atoms with E-state index >= 15 is 0 Å². The fourth-order valence-corrected chi connectivity index (χ4v) is 3.07. The highest BCUT2D eigenvalue weighted by molar-refractivity contribution is 5.85. The fourth-order valence-electron chi connectivity index (χ4n) is 3.07. The second-order valence-corrected chi connectivity index (χ2v) is 6.07. The summed E-state index contributed by atoms with van der Waals surface area (Å²) in [6.45, 7) is 0.111. The van der Waals surface area contributed by atoms with E-state index < -0.39 is 11.7 Å². The molecule has 2 aromatic rings. The first-order valence-electron chi connectivity index (χ1n) is 7.76. The van der Waals surface area contributed by atoms with Crippen LogP contribution in [0.4, 0.5) is 0 Å². The summed E-state index contributed by atoms with van der Waals surface area (Å²) in [5, 5.41) is 25.3. The van der Waals surface area contributed by atoms with Gasteiger partial charge in [-0.05, 0) is 48.1 Å². The van der Waals surface area contributed by atoms with Crippen LogP contribution >= 0.6 is 0 Å². The highest BCUT2D eigenvalue weighted by Crippen LogP contribution is 2.29. The van der Waals surface area contributed by atoms with Gasteiger partial charge in [0.15, 0.2) is 0 Å². The summed E-state index contributed by atoms with van der Waals surface area (Å²) in [7, 11) is 0. The normalized spacial score (nSPS) is 18.3. The molecule has 0 spiro atoms. The monoisotopic (exact) mass is 299 g/mol. The average Bonchev–Trinajstić information content (AvgIpc) is 2.99. The largest absolute Gasteiger partial charge is 0.387 e. The SMILES string of the molecule is O=C(NCC(O)c1ccc2ccccc2c1)C1(O)CCCC1. The molecule has 1 amide bonds. The number of rotatable bonds is 4. The van der Waals surface area contributed by atoms with Gasteiger partial charge in [0.2, 0.25) is 0 Å². The molecule has 2 aromatic carbocycles. The van der Waals surface area contributed by atoms with E-state index in [-0.39, 0.29) is 12.5 Å². The molecular weight excluding hydrogens is 278 g/mol. The summed E-state index contributed by atoms with van der Waals surface area (Å²) >= 11 is 0. The van der Waals surface area contributed by atoms with Gasteiger partial charge >= 0.3 is 0 Å². The molecule has 0 heterocycles. The number of hydrogen-bond acceptors (Lipinski definition) is 3. The van der Waals surface area contributed by atoms with Crippen LogP contribution in [0.1, 0.15) is 37.4 Å². The Morgan fingerprint density at radius 1 is 1.14 bits per heavy atom. The average molecular weight is 299 g/mol. The lowest BCUT2D eigenvalue weighted by molar-refractivity contribution is -0.139. The standard InChI is InChI=1S/C18H21NO3/c20-16(12-19-17(21)18(22)9-3-4-10-18)15-8-7-13-5-1-2-6-14(13)11-15/h1-2,5-8,11,16,20,22H,3-4,9-10,12H2,(H,19,21). The van der Waals surface area contributed by atoms with Crippen molar-refractivity contribution in [2.24, 2.45) is 0 Å². The third kappa shape index (κ3) is 2.98. The molecule has 116 valence electrons. The molecule has 0 bridgehead atoms. The first-order valence-corrected chi connectivity index (χ1v) is 7.76. The van der Waals surface area contributed by atoms with Gasteiger partial charge in [0.1, 0.15) is 5.60 Å². The van der Waals surface area contributed by atoms with Crippen molar-refractivity contribution in [3.63, 3.8) is 0 Å². The molecule has 4 nitrogen and oxygen atoms in total. The molecule has 1 aliphatic carbocycles. The van der Waals surface area contributed by atoms with Gasteiger partial charge in [-0.1, -0.05) is 36.4 Å². The van der Waals surface area contributed by atoms with Crippen LogP contribution in [0.15, 0.2) is 42.5 Å². The highest BCUT2D eigenvalue weighted by atomic mass is 16.3. The number of aliphatic hydroxyl groups excluding tert-OH is 1. The summed E-state index contributed by atoms with van der Waals surface area (Å²) in [5.41, 5.74) is -0.485.